The van der Waals surface area contributed by atoms with Crippen molar-refractivity contribution >= 4 is 27.3 Å². The summed E-state index contributed by atoms with van der Waals surface area (Å²) in [6.07, 6.45) is 3.70. The average molecular weight is 448 g/mol. The Morgan fingerprint density at radius 1 is 1.17 bits per heavy atom. The first kappa shape index (κ1) is 20.5. The van der Waals surface area contributed by atoms with Gasteiger partial charge < -0.3 is 9.88 Å². The van der Waals surface area contributed by atoms with Crippen LogP contribution in [0, 0.1) is 6.92 Å². The van der Waals surface area contributed by atoms with E-state index in [0.717, 1.165) is 11.3 Å². The summed E-state index contributed by atoms with van der Waals surface area (Å²) >= 11 is 0.694. The van der Waals surface area contributed by atoms with Crippen molar-refractivity contribution in [3.05, 3.63) is 63.7 Å². The number of thiazole rings is 1. The van der Waals surface area contributed by atoms with Crippen LogP contribution in [-0.4, -0.2) is 64.5 Å². The van der Waals surface area contributed by atoms with Crippen molar-refractivity contribution in [2.45, 2.75) is 17.6 Å². The van der Waals surface area contributed by atoms with Gasteiger partial charge in [0.25, 0.3) is 10.0 Å². The lowest BCUT2D eigenvalue weighted by atomic mass is 10.2. The summed E-state index contributed by atoms with van der Waals surface area (Å²) in [6, 6.07) is 9.63. The predicted octanol–water partition coefficient (Wildman–Crippen LogP) is 1.01. The molecule has 1 aliphatic rings. The molecule has 0 atom stereocenters. The number of aryl methyl sites for hydroxylation is 1. The molecule has 1 saturated heterocycles. The number of carbonyl (C=O) groups is 1. The molecule has 0 saturated carbocycles. The number of H-pyrrole nitrogens is 1. The van der Waals surface area contributed by atoms with E-state index in [1.54, 1.807) is 22.7 Å². The molecule has 0 aliphatic carbocycles. The number of aromatic nitrogens is 3. The van der Waals surface area contributed by atoms with E-state index in [4.69, 9.17) is 0 Å². The van der Waals surface area contributed by atoms with Gasteiger partial charge in [0.15, 0.2) is 4.21 Å². The van der Waals surface area contributed by atoms with Gasteiger partial charge in [-0.25, -0.2) is 13.1 Å². The molecule has 0 bridgehead atoms. The van der Waals surface area contributed by atoms with Gasteiger partial charge in [-0.1, -0.05) is 29.5 Å². The number of nitrogens with one attached hydrogen (secondary N) is 1. The fourth-order valence-corrected chi connectivity index (χ4v) is 6.25. The molecular formula is C19H21N5O4S2. The van der Waals surface area contributed by atoms with E-state index in [2.05, 4.69) is 10.1 Å². The molecule has 158 valence electrons. The second-order valence-electron chi connectivity index (χ2n) is 7.02. The van der Waals surface area contributed by atoms with Crippen LogP contribution < -0.4 is 4.87 Å². The molecule has 0 unspecified atom stereocenters. The van der Waals surface area contributed by atoms with Crippen molar-refractivity contribution in [1.29, 1.82) is 0 Å². The van der Waals surface area contributed by atoms with Crippen molar-refractivity contribution in [2.75, 3.05) is 26.2 Å². The maximum atomic E-state index is 12.8. The molecule has 2 aromatic heterocycles. The lowest BCUT2D eigenvalue weighted by Crippen LogP contribution is -2.50. The van der Waals surface area contributed by atoms with E-state index >= 15 is 0 Å². The zero-order valence-corrected chi connectivity index (χ0v) is 17.9. The normalized spacial score (nSPS) is 15.4. The molecule has 3 heterocycles. The van der Waals surface area contributed by atoms with Crippen LogP contribution in [0.4, 0.5) is 0 Å². The Bertz CT molecular complexity index is 1210. The number of aromatic amines is 1. The Kier molecular flexibility index (Phi) is 5.58. The molecule has 11 heteroatoms. The molecule has 0 spiro atoms. The number of benzene rings is 1. The van der Waals surface area contributed by atoms with Gasteiger partial charge in [0, 0.05) is 38.1 Å². The average Bonchev–Trinajstić information content (AvgIpc) is 3.35. The summed E-state index contributed by atoms with van der Waals surface area (Å²) in [4.78, 5) is 27.9. The third kappa shape index (κ3) is 4.09. The molecule has 9 nitrogen and oxygen atoms in total. The van der Waals surface area contributed by atoms with Crippen LogP contribution in [0.3, 0.4) is 0 Å². The summed E-state index contributed by atoms with van der Waals surface area (Å²) < 4.78 is 28.7. The van der Waals surface area contributed by atoms with Crippen molar-refractivity contribution in [3.63, 3.8) is 0 Å². The van der Waals surface area contributed by atoms with E-state index in [-0.39, 0.29) is 29.6 Å². The van der Waals surface area contributed by atoms with Gasteiger partial charge in [0.2, 0.25) is 5.91 Å². The zero-order valence-electron chi connectivity index (χ0n) is 16.3. The van der Waals surface area contributed by atoms with Gasteiger partial charge >= 0.3 is 4.87 Å². The Morgan fingerprint density at radius 3 is 2.50 bits per heavy atom. The minimum atomic E-state index is -3.74. The monoisotopic (exact) mass is 447 g/mol. The molecule has 1 fully saturated rings. The number of sulfonamides is 1. The first-order valence-corrected chi connectivity index (χ1v) is 11.7. The fraction of sp³-hybridized carbons (Fsp3) is 0.316. The molecule has 1 aromatic carbocycles. The highest BCUT2D eigenvalue weighted by Crippen LogP contribution is 2.22. The zero-order chi connectivity index (χ0) is 21.3. The van der Waals surface area contributed by atoms with Crippen LogP contribution in [0.5, 0.6) is 0 Å². The highest BCUT2D eigenvalue weighted by Gasteiger charge is 2.32. The first-order chi connectivity index (χ1) is 14.3. The molecule has 3 aromatic rings. The second kappa shape index (κ2) is 8.17. The Morgan fingerprint density at radius 2 is 1.87 bits per heavy atom. The van der Waals surface area contributed by atoms with Crippen LogP contribution in [0.15, 0.2) is 51.7 Å². The van der Waals surface area contributed by atoms with Crippen molar-refractivity contribution in [2.24, 2.45) is 0 Å². The SMILES string of the molecule is Cc1[nH]c(=O)sc1S(=O)(=O)N1CCN(C(=O)Cc2cnn(-c3ccccc3)c2)CC1. The van der Waals surface area contributed by atoms with Gasteiger partial charge in [-0.05, 0) is 24.6 Å². The lowest BCUT2D eigenvalue weighted by Gasteiger charge is -2.33. The highest BCUT2D eigenvalue weighted by molar-refractivity contribution is 7.91. The van der Waals surface area contributed by atoms with E-state index in [0.29, 0.717) is 30.1 Å². The smallest absolute Gasteiger partial charge is 0.305 e. The van der Waals surface area contributed by atoms with Crippen LogP contribution in [0.25, 0.3) is 5.69 Å². The topological polar surface area (TPSA) is 108 Å². The maximum absolute atomic E-state index is 12.8. The van der Waals surface area contributed by atoms with E-state index in [1.807, 2.05) is 36.5 Å². The summed E-state index contributed by atoms with van der Waals surface area (Å²) in [7, 11) is -3.74. The number of amides is 1. The summed E-state index contributed by atoms with van der Waals surface area (Å²) in [5, 5.41) is 4.30. The minimum Gasteiger partial charge on any atom is -0.340 e. The quantitative estimate of drug-likeness (QED) is 0.628. The van der Waals surface area contributed by atoms with E-state index < -0.39 is 14.9 Å². The van der Waals surface area contributed by atoms with Crippen molar-refractivity contribution in [1.82, 2.24) is 24.0 Å². The van der Waals surface area contributed by atoms with Crippen LogP contribution >= 0.6 is 11.3 Å². The van der Waals surface area contributed by atoms with Crippen LogP contribution in [0.1, 0.15) is 11.3 Å². The number of carbonyl (C=O) groups excluding carboxylic acids is 1. The Labute approximate surface area is 177 Å². The lowest BCUT2D eigenvalue weighted by molar-refractivity contribution is -0.131. The number of nitrogens with zero attached hydrogens (tertiary/aromatic N) is 4. The summed E-state index contributed by atoms with van der Waals surface area (Å²) in [5.41, 5.74) is 2.06. The Hall–Kier alpha value is -2.76. The first-order valence-electron chi connectivity index (χ1n) is 9.41. The van der Waals surface area contributed by atoms with Gasteiger partial charge in [-0.2, -0.15) is 9.40 Å². The number of piperazine rings is 1. The molecular weight excluding hydrogens is 426 g/mol. The van der Waals surface area contributed by atoms with Crippen LogP contribution in [-0.2, 0) is 21.2 Å². The van der Waals surface area contributed by atoms with Gasteiger partial charge in [-0.15, -0.1) is 0 Å². The van der Waals surface area contributed by atoms with Crippen molar-refractivity contribution < 1.29 is 13.2 Å². The third-order valence-electron chi connectivity index (χ3n) is 4.96. The van der Waals surface area contributed by atoms with Gasteiger partial charge in [-0.3, -0.25) is 9.59 Å². The molecule has 1 N–H and O–H groups in total. The molecule has 1 aliphatic heterocycles. The van der Waals surface area contributed by atoms with Crippen molar-refractivity contribution in [3.8, 4) is 5.69 Å². The molecule has 30 heavy (non-hydrogen) atoms. The molecule has 4 rings (SSSR count). The fourth-order valence-electron chi connectivity index (χ4n) is 3.39. The maximum Gasteiger partial charge on any atom is 0.305 e. The largest absolute Gasteiger partial charge is 0.340 e. The van der Waals surface area contributed by atoms with E-state index in [9.17, 15) is 18.0 Å². The molecule has 0 radical (unpaired) electrons. The predicted molar refractivity (Wildman–Crippen MR) is 112 cm³/mol. The number of hydrogen-bond donors (Lipinski definition) is 1. The van der Waals surface area contributed by atoms with Gasteiger partial charge in [0.05, 0.1) is 18.3 Å². The Balaban J connectivity index is 1.37. The molecule has 1 amide bonds. The number of para-hydroxylation sites is 1. The second-order valence-corrected chi connectivity index (χ2v) is 10.1. The van der Waals surface area contributed by atoms with Crippen LogP contribution in [0.2, 0.25) is 0 Å². The van der Waals surface area contributed by atoms with E-state index in [1.165, 1.54) is 4.31 Å². The van der Waals surface area contributed by atoms with Gasteiger partial charge in [0.1, 0.15) is 0 Å². The number of rotatable bonds is 5. The summed E-state index contributed by atoms with van der Waals surface area (Å²) in [6.45, 7) is 2.58. The minimum absolute atomic E-state index is 0.0422. The standard InChI is InChI=1S/C19H21N5O4S2/c1-14-18(29-19(26)21-14)30(27,28)23-9-7-22(8-10-23)17(25)11-15-12-20-24(13-15)16-5-3-2-4-6-16/h2-6,12-13H,7-11H2,1H3,(H,21,26). The summed E-state index contributed by atoms with van der Waals surface area (Å²) in [5.74, 6) is -0.0675. The third-order valence-corrected chi connectivity index (χ3v) is 8.44. The highest BCUT2D eigenvalue weighted by atomic mass is 32.2. The number of hydrogen-bond acceptors (Lipinski definition) is 6.